The fourth-order valence-electron chi connectivity index (χ4n) is 3.52. The van der Waals surface area contributed by atoms with Crippen molar-refractivity contribution in [1.82, 2.24) is 10.2 Å². The Morgan fingerprint density at radius 3 is 2.52 bits per heavy atom. The highest BCUT2D eigenvalue weighted by molar-refractivity contribution is 7.08. The van der Waals surface area contributed by atoms with Gasteiger partial charge < -0.3 is 5.32 Å². The molecular weight excluding hydrogens is 350 g/mol. The molecule has 1 saturated carbocycles. The normalized spacial score (nSPS) is 18.1. The number of aromatic nitrogens is 2. The van der Waals surface area contributed by atoms with Crippen molar-refractivity contribution in [1.29, 1.82) is 0 Å². The molecule has 0 atom stereocenters. The number of nitrogens with one attached hydrogen (secondary N) is 2. The molecule has 0 aliphatic heterocycles. The lowest BCUT2D eigenvalue weighted by molar-refractivity contribution is -0.117. The maximum atomic E-state index is 12.1. The topological polar surface area (TPSA) is 57.8 Å². The first-order chi connectivity index (χ1) is 12.3. The minimum atomic E-state index is -0.169. The highest BCUT2D eigenvalue weighted by Crippen LogP contribution is 2.44. The van der Waals surface area contributed by atoms with Crippen LogP contribution in [0, 0.1) is 5.92 Å². The Balaban J connectivity index is 1.53. The van der Waals surface area contributed by atoms with Crippen LogP contribution in [0.25, 0.3) is 6.08 Å². The van der Waals surface area contributed by atoms with Gasteiger partial charge in [0.25, 0.3) is 0 Å². The number of nitrogens with zero attached hydrogens (tertiary/aromatic N) is 1. The number of carbonyl (C=O) groups is 1. The van der Waals surface area contributed by atoms with Crippen LogP contribution in [0.5, 0.6) is 0 Å². The van der Waals surface area contributed by atoms with E-state index in [2.05, 4.69) is 61.3 Å². The van der Waals surface area contributed by atoms with Gasteiger partial charge in [0.1, 0.15) is 0 Å². The van der Waals surface area contributed by atoms with E-state index in [9.17, 15) is 4.79 Å². The third kappa shape index (κ3) is 2.48. The molecule has 25 heavy (non-hydrogen) atoms. The van der Waals surface area contributed by atoms with Crippen LogP contribution >= 0.6 is 22.7 Å². The molecule has 0 bridgehead atoms. The first kappa shape index (κ1) is 15.1. The van der Waals surface area contributed by atoms with Gasteiger partial charge in [-0.1, -0.05) is 12.2 Å². The Labute approximate surface area is 153 Å². The van der Waals surface area contributed by atoms with Crippen molar-refractivity contribution in [2.45, 2.75) is 24.7 Å². The first-order valence-corrected chi connectivity index (χ1v) is 10.3. The van der Waals surface area contributed by atoms with Gasteiger partial charge in [-0.2, -0.15) is 27.8 Å². The van der Waals surface area contributed by atoms with Crippen LogP contribution in [-0.2, 0) is 16.6 Å². The molecule has 0 aromatic carbocycles. The average Bonchev–Trinajstić information content (AvgIpc) is 3.07. The Hall–Kier alpha value is -2.18. The summed E-state index contributed by atoms with van der Waals surface area (Å²) in [5.74, 6) is 0.929. The van der Waals surface area contributed by atoms with Crippen LogP contribution in [0.15, 0.2) is 39.7 Å². The number of aromatic amines is 1. The molecule has 4 nitrogen and oxygen atoms in total. The fraction of sp³-hybridized carbons (Fsp3) is 0.263. The number of rotatable bonds is 4. The summed E-state index contributed by atoms with van der Waals surface area (Å²) in [6.07, 6.45) is 7.18. The van der Waals surface area contributed by atoms with Crippen LogP contribution in [0.4, 0.5) is 5.82 Å². The van der Waals surface area contributed by atoms with E-state index >= 15 is 0 Å². The third-order valence-corrected chi connectivity index (χ3v) is 6.50. The van der Waals surface area contributed by atoms with E-state index in [1.165, 1.54) is 11.1 Å². The minimum Gasteiger partial charge on any atom is -0.308 e. The first-order valence-electron chi connectivity index (χ1n) is 8.39. The quantitative estimate of drug-likeness (QED) is 0.716. The molecule has 3 aromatic heterocycles. The van der Waals surface area contributed by atoms with E-state index in [0.717, 1.165) is 30.5 Å². The van der Waals surface area contributed by atoms with Crippen molar-refractivity contribution in [3.8, 4) is 0 Å². The molecule has 6 heteroatoms. The van der Waals surface area contributed by atoms with Crippen molar-refractivity contribution in [2.75, 3.05) is 5.32 Å². The van der Waals surface area contributed by atoms with E-state index in [-0.39, 0.29) is 17.2 Å². The molecule has 0 saturated heterocycles. The second-order valence-corrected chi connectivity index (χ2v) is 8.29. The van der Waals surface area contributed by atoms with Crippen molar-refractivity contribution in [2.24, 2.45) is 5.92 Å². The maximum Gasteiger partial charge on any atom is 0.228 e. The largest absolute Gasteiger partial charge is 0.308 e. The lowest BCUT2D eigenvalue weighted by Crippen LogP contribution is -2.29. The summed E-state index contributed by atoms with van der Waals surface area (Å²) in [6.45, 7) is 0. The summed E-state index contributed by atoms with van der Waals surface area (Å²) >= 11 is 3.44. The molecule has 3 heterocycles. The Kier molecular flexibility index (Phi) is 3.43. The Morgan fingerprint density at radius 2 is 1.92 bits per heavy atom. The van der Waals surface area contributed by atoms with Gasteiger partial charge in [-0.05, 0) is 57.6 Å². The lowest BCUT2D eigenvalue weighted by atomic mass is 9.70. The van der Waals surface area contributed by atoms with Gasteiger partial charge in [-0.3, -0.25) is 9.89 Å². The number of hydrogen-bond donors (Lipinski definition) is 2. The predicted octanol–water partition coefficient (Wildman–Crippen LogP) is 4.44. The number of anilines is 1. The zero-order valence-electron chi connectivity index (χ0n) is 13.5. The monoisotopic (exact) mass is 367 g/mol. The van der Waals surface area contributed by atoms with Gasteiger partial charge in [-0.25, -0.2) is 0 Å². The van der Waals surface area contributed by atoms with Crippen molar-refractivity contribution in [3.63, 3.8) is 0 Å². The van der Waals surface area contributed by atoms with Crippen molar-refractivity contribution in [3.05, 3.63) is 62.1 Å². The van der Waals surface area contributed by atoms with Crippen molar-refractivity contribution < 1.29 is 4.79 Å². The second-order valence-electron chi connectivity index (χ2n) is 6.73. The molecular formula is C19H17N3OS2. The van der Waals surface area contributed by atoms with Gasteiger partial charge in [0.15, 0.2) is 5.82 Å². The summed E-state index contributed by atoms with van der Waals surface area (Å²) in [6, 6.07) is 4.40. The van der Waals surface area contributed by atoms with E-state index in [1.807, 2.05) is 0 Å². The maximum absolute atomic E-state index is 12.1. The van der Waals surface area contributed by atoms with Gasteiger partial charge in [0.2, 0.25) is 5.91 Å². The molecule has 1 fully saturated rings. The summed E-state index contributed by atoms with van der Waals surface area (Å²) in [5, 5.41) is 19.2. The molecule has 2 aliphatic rings. The third-order valence-electron chi connectivity index (χ3n) is 5.14. The van der Waals surface area contributed by atoms with E-state index < -0.39 is 0 Å². The molecule has 126 valence electrons. The van der Waals surface area contributed by atoms with Gasteiger partial charge in [0.05, 0.1) is 0 Å². The number of hydrogen-bond acceptors (Lipinski definition) is 4. The molecule has 0 spiro atoms. The number of fused-ring (bicyclic) bond motifs is 1. The number of carbonyl (C=O) groups excluding carboxylic acids is 1. The minimum absolute atomic E-state index is 0.0928. The second kappa shape index (κ2) is 5.68. The zero-order valence-corrected chi connectivity index (χ0v) is 15.1. The standard InChI is InChI=1S/C19H17N3OS2/c23-18(12-1-2-12)20-17-15-3-6-19(9-16(15)21-22-17,13-4-7-24-10-13)14-5-8-25-11-14/h3-8,10-12H,1-2,9H2,(H2,20,21,22,23). The molecule has 5 rings (SSSR count). The van der Waals surface area contributed by atoms with Crippen molar-refractivity contribution >= 4 is 40.5 Å². The molecule has 3 aromatic rings. The summed E-state index contributed by atoms with van der Waals surface area (Å²) in [5.41, 5.74) is 4.52. The molecule has 0 unspecified atom stereocenters. The van der Waals surface area contributed by atoms with Gasteiger partial charge >= 0.3 is 0 Å². The summed E-state index contributed by atoms with van der Waals surface area (Å²) in [4.78, 5) is 12.1. The number of H-pyrrole nitrogens is 1. The fourth-order valence-corrected chi connectivity index (χ4v) is 5.00. The summed E-state index contributed by atoms with van der Waals surface area (Å²) in [7, 11) is 0. The molecule has 0 radical (unpaired) electrons. The highest BCUT2D eigenvalue weighted by Gasteiger charge is 2.38. The van der Waals surface area contributed by atoms with Gasteiger partial charge in [-0.15, -0.1) is 0 Å². The molecule has 2 aliphatic carbocycles. The Morgan fingerprint density at radius 1 is 1.20 bits per heavy atom. The zero-order chi connectivity index (χ0) is 16.9. The van der Waals surface area contributed by atoms with E-state index in [1.54, 1.807) is 22.7 Å². The molecule has 2 N–H and O–H groups in total. The Bertz CT molecular complexity index is 899. The number of amides is 1. The highest BCUT2D eigenvalue weighted by atomic mass is 32.1. The van der Waals surface area contributed by atoms with Crippen LogP contribution in [0.2, 0.25) is 0 Å². The number of allylic oxidation sites excluding steroid dienone is 1. The lowest BCUT2D eigenvalue weighted by Gasteiger charge is -2.32. The summed E-state index contributed by atoms with van der Waals surface area (Å²) < 4.78 is 0. The smallest absolute Gasteiger partial charge is 0.228 e. The van der Waals surface area contributed by atoms with Gasteiger partial charge in [0, 0.05) is 29.0 Å². The average molecular weight is 367 g/mol. The van der Waals surface area contributed by atoms with E-state index in [0.29, 0.717) is 5.82 Å². The van der Waals surface area contributed by atoms with Crippen LogP contribution in [0.3, 0.4) is 0 Å². The van der Waals surface area contributed by atoms with Crippen LogP contribution < -0.4 is 5.32 Å². The SMILES string of the molecule is O=C(Nc1n[nH]c2c1C=CC(c1ccsc1)(c1ccsc1)C2)C1CC1. The number of thiophene rings is 2. The van der Waals surface area contributed by atoms with Crippen LogP contribution in [0.1, 0.15) is 35.2 Å². The predicted molar refractivity (Wildman–Crippen MR) is 102 cm³/mol. The van der Waals surface area contributed by atoms with E-state index in [4.69, 9.17) is 0 Å². The van der Waals surface area contributed by atoms with Crippen LogP contribution in [-0.4, -0.2) is 16.1 Å². The molecule has 1 amide bonds.